The van der Waals surface area contributed by atoms with Gasteiger partial charge < -0.3 is 19.5 Å². The number of H-pyrrole nitrogens is 1. The summed E-state index contributed by atoms with van der Waals surface area (Å²) in [5.41, 5.74) is 1.42. The second-order valence-corrected chi connectivity index (χ2v) is 14.3. The Morgan fingerprint density at radius 3 is 3.02 bits per heavy atom. The highest BCUT2D eigenvalue weighted by Gasteiger charge is 2.49. The number of pyridine rings is 1. The van der Waals surface area contributed by atoms with E-state index in [-0.39, 0.29) is 18.2 Å². The van der Waals surface area contributed by atoms with Gasteiger partial charge in [0.05, 0.1) is 52.8 Å². The number of aliphatic hydroxyl groups is 1. The first-order chi connectivity index (χ1) is 22.4. The normalized spacial score (nSPS) is 25.6. The van der Waals surface area contributed by atoms with Crippen molar-refractivity contribution in [3.63, 3.8) is 0 Å². The van der Waals surface area contributed by atoms with Crippen LogP contribution in [0.1, 0.15) is 26.2 Å². The average Bonchev–Trinajstić information content (AvgIpc) is 3.79. The molecule has 3 aliphatic heterocycles. The number of benzene rings is 2. The lowest BCUT2D eigenvalue weighted by atomic mass is 9.95. The molecular weight excluding hydrogens is 605 g/mol. The van der Waals surface area contributed by atoms with Gasteiger partial charge in [-0.25, -0.2) is 4.39 Å². The van der Waals surface area contributed by atoms with Crippen molar-refractivity contribution < 1.29 is 19.0 Å². The monoisotopic (exact) mass is 639 g/mol. The van der Waals surface area contributed by atoms with Crippen LogP contribution in [-0.4, -0.2) is 98.5 Å². The Kier molecular flexibility index (Phi) is 6.47. The van der Waals surface area contributed by atoms with E-state index in [1.165, 1.54) is 0 Å². The third-order valence-electron chi connectivity index (χ3n) is 9.89. The molecule has 7 heterocycles. The first-order valence-corrected chi connectivity index (χ1v) is 16.7. The lowest BCUT2D eigenvalue weighted by Gasteiger charge is -2.31. The lowest BCUT2D eigenvalue weighted by Crippen LogP contribution is -2.43. The zero-order chi connectivity index (χ0) is 31.0. The summed E-state index contributed by atoms with van der Waals surface area (Å²) in [7, 11) is 0. The van der Waals surface area contributed by atoms with Gasteiger partial charge in [0.2, 0.25) is 0 Å². The fourth-order valence-corrected chi connectivity index (χ4v) is 9.03. The van der Waals surface area contributed by atoms with Crippen molar-refractivity contribution in [3.05, 3.63) is 48.8 Å². The second kappa shape index (κ2) is 10.5. The number of nitrogens with one attached hydrogen (secondary N) is 1. The van der Waals surface area contributed by atoms with Gasteiger partial charge in [0.1, 0.15) is 29.0 Å². The van der Waals surface area contributed by atoms with Crippen LogP contribution >= 0.6 is 11.3 Å². The number of hydrogen-bond acceptors (Lipinski definition) is 10. The summed E-state index contributed by atoms with van der Waals surface area (Å²) in [6.07, 6.45) is 5.27. The van der Waals surface area contributed by atoms with Crippen molar-refractivity contribution in [3.8, 4) is 17.3 Å². The first-order valence-electron chi connectivity index (χ1n) is 15.9. The third-order valence-corrected chi connectivity index (χ3v) is 11.0. The van der Waals surface area contributed by atoms with Crippen LogP contribution in [0.2, 0.25) is 0 Å². The molecule has 0 amide bonds. The highest BCUT2D eigenvalue weighted by Crippen LogP contribution is 2.46. The van der Waals surface area contributed by atoms with Crippen molar-refractivity contribution in [2.24, 2.45) is 0 Å². The van der Waals surface area contributed by atoms with Crippen LogP contribution in [0.4, 0.5) is 10.2 Å². The van der Waals surface area contributed by atoms with E-state index in [1.54, 1.807) is 18.3 Å². The van der Waals surface area contributed by atoms with E-state index in [4.69, 9.17) is 24.4 Å². The standard InChI is InChI=1S/C34H34FN7O3S/c1-33(43)17-41(11-12-44-18-33)30-27-23-7-9-36-28(26-22-6-3-2-5-20(22)13-25-24(26)15-37-40-25)29(23)46-31(27)39-32(38-30)45-19-34-8-4-10-42(34)16-21(35)14-34/h2-3,5-7,9,13,15,21,43H,4,8,10-12,14,16-19H2,1H3,(H,37,40)/t21-,33+,34+/m1/s1. The van der Waals surface area contributed by atoms with Gasteiger partial charge in [-0.15, -0.1) is 11.3 Å². The van der Waals surface area contributed by atoms with Gasteiger partial charge in [-0.05, 0) is 49.2 Å². The SMILES string of the molecule is C[C@@]1(O)COCCN(c2nc(OC[C@@]34CCCN3C[C@H](F)C4)nc3sc4c(-c5c6ccccc6cc6[nH]ncc56)nccc4c23)C1. The minimum Gasteiger partial charge on any atom is -0.461 e. The van der Waals surface area contributed by atoms with Crippen LogP contribution in [0.25, 0.3) is 53.2 Å². The quantitative estimate of drug-likeness (QED) is 0.253. The number of aromatic nitrogens is 5. The second-order valence-electron chi connectivity index (χ2n) is 13.3. The molecule has 0 spiro atoms. The molecule has 3 atom stereocenters. The Hall–Kier alpha value is -3.97. The number of halogens is 1. The Morgan fingerprint density at radius 1 is 1.17 bits per heavy atom. The fourth-order valence-electron chi connectivity index (χ4n) is 7.88. The van der Waals surface area contributed by atoms with Gasteiger partial charge in [-0.3, -0.25) is 15.0 Å². The summed E-state index contributed by atoms with van der Waals surface area (Å²) >= 11 is 1.56. The van der Waals surface area contributed by atoms with Crippen molar-refractivity contribution in [1.82, 2.24) is 30.0 Å². The van der Waals surface area contributed by atoms with Gasteiger partial charge >= 0.3 is 6.01 Å². The highest BCUT2D eigenvalue weighted by molar-refractivity contribution is 7.26. The summed E-state index contributed by atoms with van der Waals surface area (Å²) in [4.78, 5) is 20.0. The minimum atomic E-state index is -1.06. The van der Waals surface area contributed by atoms with E-state index >= 15 is 0 Å². The Morgan fingerprint density at radius 2 is 2.09 bits per heavy atom. The number of aromatic amines is 1. The largest absolute Gasteiger partial charge is 0.461 e. The molecule has 3 aliphatic rings. The predicted octanol–water partition coefficient (Wildman–Crippen LogP) is 5.48. The molecule has 4 aromatic heterocycles. The van der Waals surface area contributed by atoms with E-state index in [2.05, 4.69) is 38.2 Å². The van der Waals surface area contributed by atoms with E-state index < -0.39 is 11.8 Å². The zero-order valence-corrected chi connectivity index (χ0v) is 26.3. The maximum Gasteiger partial charge on any atom is 0.319 e. The minimum absolute atomic E-state index is 0.240. The Balaban J connectivity index is 1.24. The van der Waals surface area contributed by atoms with Gasteiger partial charge in [-0.1, -0.05) is 24.3 Å². The molecule has 46 heavy (non-hydrogen) atoms. The van der Waals surface area contributed by atoms with Gasteiger partial charge in [0.15, 0.2) is 0 Å². The van der Waals surface area contributed by atoms with Crippen LogP contribution in [0.15, 0.2) is 48.8 Å². The van der Waals surface area contributed by atoms with E-state index in [1.807, 2.05) is 30.6 Å². The van der Waals surface area contributed by atoms with E-state index in [0.29, 0.717) is 45.1 Å². The summed E-state index contributed by atoms with van der Waals surface area (Å²) in [5.74, 6) is 0.691. The molecule has 3 saturated heterocycles. The Labute approximate surface area is 268 Å². The summed E-state index contributed by atoms with van der Waals surface area (Å²) in [6.45, 7) is 5.06. The molecule has 0 aliphatic carbocycles. The van der Waals surface area contributed by atoms with Gasteiger partial charge in [0.25, 0.3) is 0 Å². The van der Waals surface area contributed by atoms with Crippen molar-refractivity contribution in [2.45, 2.75) is 43.5 Å². The molecule has 2 aromatic carbocycles. The van der Waals surface area contributed by atoms with Crippen LogP contribution < -0.4 is 9.64 Å². The van der Waals surface area contributed by atoms with Gasteiger partial charge in [0, 0.05) is 42.0 Å². The predicted molar refractivity (Wildman–Crippen MR) is 178 cm³/mol. The summed E-state index contributed by atoms with van der Waals surface area (Å²) < 4.78 is 27.7. The maximum absolute atomic E-state index is 14.5. The highest BCUT2D eigenvalue weighted by atomic mass is 32.1. The molecule has 0 unspecified atom stereocenters. The summed E-state index contributed by atoms with van der Waals surface area (Å²) in [5, 5.41) is 23.7. The zero-order valence-electron chi connectivity index (χ0n) is 25.5. The molecule has 6 aromatic rings. The van der Waals surface area contributed by atoms with Crippen molar-refractivity contribution in [2.75, 3.05) is 50.9 Å². The topological polar surface area (TPSA) is 113 Å². The van der Waals surface area contributed by atoms with Crippen LogP contribution in [0.5, 0.6) is 6.01 Å². The lowest BCUT2D eigenvalue weighted by molar-refractivity contribution is -0.0123. The van der Waals surface area contributed by atoms with Crippen LogP contribution in [-0.2, 0) is 4.74 Å². The summed E-state index contributed by atoms with van der Waals surface area (Å²) in [6, 6.07) is 12.7. The van der Waals surface area contributed by atoms with Crippen LogP contribution in [0, 0.1) is 0 Å². The molecular formula is C34H34FN7O3S. The van der Waals surface area contributed by atoms with Crippen LogP contribution in [0.3, 0.4) is 0 Å². The van der Waals surface area contributed by atoms with Crippen molar-refractivity contribution >= 4 is 59.1 Å². The molecule has 9 rings (SSSR count). The molecule has 0 saturated carbocycles. The number of β-amino-alcohol motifs (C(OH)–C–C–N with tert-alkyl or cyclic N) is 1. The number of hydrogen-bond donors (Lipinski definition) is 2. The average molecular weight is 640 g/mol. The van der Waals surface area contributed by atoms with E-state index in [9.17, 15) is 9.50 Å². The molecule has 0 radical (unpaired) electrons. The Bertz CT molecular complexity index is 2130. The first kappa shape index (κ1) is 28.3. The molecule has 0 bridgehead atoms. The fraction of sp³-hybridized carbons (Fsp3) is 0.412. The molecule has 12 heteroatoms. The number of alkyl halides is 1. The molecule has 236 valence electrons. The van der Waals surface area contributed by atoms with Crippen molar-refractivity contribution in [1.29, 1.82) is 0 Å². The third kappa shape index (κ3) is 4.53. The number of ether oxygens (including phenoxy) is 2. The van der Waals surface area contributed by atoms with E-state index in [0.717, 1.165) is 72.6 Å². The number of thiophene rings is 1. The molecule has 3 fully saturated rings. The maximum atomic E-state index is 14.5. The number of nitrogens with zero attached hydrogens (tertiary/aromatic N) is 6. The molecule has 10 nitrogen and oxygen atoms in total. The number of rotatable bonds is 5. The van der Waals surface area contributed by atoms with Gasteiger partial charge in [-0.2, -0.15) is 15.1 Å². The smallest absolute Gasteiger partial charge is 0.319 e. The molecule has 2 N–H and O–H groups in total. The number of anilines is 1. The number of fused-ring (bicyclic) bond motifs is 6.